The van der Waals surface area contributed by atoms with Crippen LogP contribution in [0.15, 0.2) is 12.1 Å². The summed E-state index contributed by atoms with van der Waals surface area (Å²) in [4.78, 5) is 21.1. The number of halogens is 3. The van der Waals surface area contributed by atoms with Crippen LogP contribution in [0.4, 0.5) is 14.5 Å². The Morgan fingerprint density at radius 1 is 1.37 bits per heavy atom. The number of hydrogen-bond donors (Lipinski definition) is 1. The van der Waals surface area contributed by atoms with Crippen molar-refractivity contribution in [3.05, 3.63) is 39.4 Å². The minimum Gasteiger partial charge on any atom is -0.352 e. The lowest BCUT2D eigenvalue weighted by molar-refractivity contribution is -0.387. The topological polar surface area (TPSA) is 72.2 Å². The Kier molecular flexibility index (Phi) is 6.06. The van der Waals surface area contributed by atoms with Gasteiger partial charge in [-0.15, -0.1) is 0 Å². The van der Waals surface area contributed by atoms with Crippen LogP contribution in [0.2, 0.25) is 0 Å². The van der Waals surface area contributed by atoms with Crippen molar-refractivity contribution in [2.24, 2.45) is 0 Å². The number of alkyl halides is 1. The average Bonchev–Trinajstić information content (AvgIpc) is 2.36. The highest BCUT2D eigenvalue weighted by Gasteiger charge is 2.23. The number of rotatable bonds is 6. The molecule has 0 aliphatic rings. The smallest absolute Gasteiger partial charge is 0.308 e. The van der Waals surface area contributed by atoms with Crippen molar-refractivity contribution < 1.29 is 18.5 Å². The Hall–Kier alpha value is -1.32. The van der Waals surface area contributed by atoms with Crippen LogP contribution in [-0.4, -0.2) is 21.8 Å². The summed E-state index contributed by atoms with van der Waals surface area (Å²) in [5, 5.41) is 12.9. The molecule has 8 heteroatoms. The van der Waals surface area contributed by atoms with Crippen molar-refractivity contribution in [3.63, 3.8) is 0 Å². The predicted octanol–water partition coefficient (Wildman–Crippen LogP) is 2.82. The van der Waals surface area contributed by atoms with Gasteiger partial charge in [-0.25, -0.2) is 4.39 Å². The second kappa shape index (κ2) is 7.31. The number of benzene rings is 1. The number of nitro groups is 1. The minimum atomic E-state index is -1.32. The first-order valence-electron chi connectivity index (χ1n) is 5.45. The van der Waals surface area contributed by atoms with E-state index in [0.717, 1.165) is 10.8 Å². The fourth-order valence-corrected chi connectivity index (χ4v) is 1.93. The summed E-state index contributed by atoms with van der Waals surface area (Å²) < 4.78 is 27.7. The van der Waals surface area contributed by atoms with E-state index in [1.54, 1.807) is 0 Å². The Labute approximate surface area is 121 Å². The SMILES string of the molecule is O=C(NCCCCI)c1cc(F)cc([N+](=O)[O-])c1F. The third-order valence-corrected chi connectivity index (χ3v) is 3.07. The van der Waals surface area contributed by atoms with E-state index < -0.39 is 33.7 Å². The normalized spacial score (nSPS) is 10.3. The van der Waals surface area contributed by atoms with E-state index in [2.05, 4.69) is 27.9 Å². The summed E-state index contributed by atoms with van der Waals surface area (Å²) in [5.41, 5.74) is -1.70. The highest BCUT2D eigenvalue weighted by Crippen LogP contribution is 2.22. The maximum absolute atomic E-state index is 13.7. The number of carbonyl (C=O) groups excluding carboxylic acids is 1. The van der Waals surface area contributed by atoms with Crippen molar-refractivity contribution in [1.29, 1.82) is 0 Å². The lowest BCUT2D eigenvalue weighted by Gasteiger charge is -2.06. The maximum atomic E-state index is 13.7. The molecule has 0 aromatic heterocycles. The van der Waals surface area contributed by atoms with Gasteiger partial charge in [0.1, 0.15) is 5.82 Å². The number of unbranched alkanes of at least 4 members (excludes halogenated alkanes) is 1. The summed E-state index contributed by atoms with van der Waals surface area (Å²) in [6, 6.07) is 1.10. The molecule has 5 nitrogen and oxygen atoms in total. The number of amides is 1. The van der Waals surface area contributed by atoms with E-state index in [0.29, 0.717) is 25.1 Å². The summed E-state index contributed by atoms with van der Waals surface area (Å²) in [7, 11) is 0. The second-order valence-electron chi connectivity index (χ2n) is 3.70. The Morgan fingerprint density at radius 3 is 2.63 bits per heavy atom. The van der Waals surface area contributed by atoms with Gasteiger partial charge in [0.2, 0.25) is 5.82 Å². The largest absolute Gasteiger partial charge is 0.352 e. The molecule has 104 valence electrons. The Morgan fingerprint density at radius 2 is 2.05 bits per heavy atom. The molecule has 0 atom stereocenters. The number of nitrogens with one attached hydrogen (secondary N) is 1. The van der Waals surface area contributed by atoms with Crippen molar-refractivity contribution in [3.8, 4) is 0 Å². The minimum absolute atomic E-state index is 0.311. The van der Waals surface area contributed by atoms with Gasteiger partial charge in [0.25, 0.3) is 5.91 Å². The van der Waals surface area contributed by atoms with E-state index >= 15 is 0 Å². The molecule has 0 bridgehead atoms. The van der Waals surface area contributed by atoms with Crippen LogP contribution in [0.5, 0.6) is 0 Å². The fourth-order valence-electron chi connectivity index (χ4n) is 1.39. The number of carbonyl (C=O) groups is 1. The van der Waals surface area contributed by atoms with Gasteiger partial charge >= 0.3 is 5.69 Å². The Bertz CT molecular complexity index is 497. The molecule has 0 spiro atoms. The Balaban J connectivity index is 2.88. The molecule has 1 aromatic rings. The zero-order chi connectivity index (χ0) is 14.4. The van der Waals surface area contributed by atoms with Crippen molar-refractivity contribution in [2.45, 2.75) is 12.8 Å². The second-order valence-corrected chi connectivity index (χ2v) is 4.77. The predicted molar refractivity (Wildman–Crippen MR) is 73.5 cm³/mol. The molecular formula is C11H11F2IN2O3. The average molecular weight is 384 g/mol. The molecule has 0 radical (unpaired) electrons. The third kappa shape index (κ3) is 4.37. The highest BCUT2D eigenvalue weighted by molar-refractivity contribution is 14.1. The van der Waals surface area contributed by atoms with Gasteiger partial charge < -0.3 is 5.32 Å². The molecule has 0 aliphatic heterocycles. The maximum Gasteiger partial charge on any atom is 0.308 e. The quantitative estimate of drug-likeness (QED) is 0.270. The molecule has 0 fully saturated rings. The van der Waals surface area contributed by atoms with Crippen LogP contribution in [0.25, 0.3) is 0 Å². The number of nitrogens with zero attached hydrogens (tertiary/aromatic N) is 1. The lowest BCUT2D eigenvalue weighted by atomic mass is 10.1. The van der Waals surface area contributed by atoms with Gasteiger partial charge in [-0.1, -0.05) is 22.6 Å². The zero-order valence-corrected chi connectivity index (χ0v) is 11.9. The van der Waals surface area contributed by atoms with Gasteiger partial charge in [0, 0.05) is 6.54 Å². The molecule has 0 saturated heterocycles. The molecule has 0 unspecified atom stereocenters. The molecule has 1 N–H and O–H groups in total. The number of hydrogen-bond acceptors (Lipinski definition) is 3. The van der Waals surface area contributed by atoms with Crippen LogP contribution in [0.1, 0.15) is 23.2 Å². The first kappa shape index (κ1) is 15.7. The lowest BCUT2D eigenvalue weighted by Crippen LogP contribution is -2.26. The summed E-state index contributed by atoms with van der Waals surface area (Å²) >= 11 is 2.18. The van der Waals surface area contributed by atoms with Crippen LogP contribution >= 0.6 is 22.6 Å². The van der Waals surface area contributed by atoms with E-state index in [9.17, 15) is 23.7 Å². The van der Waals surface area contributed by atoms with Gasteiger partial charge in [-0.2, -0.15) is 4.39 Å². The van der Waals surface area contributed by atoms with Crippen LogP contribution in [0.3, 0.4) is 0 Å². The molecule has 0 aliphatic carbocycles. The summed E-state index contributed by atoms with van der Waals surface area (Å²) in [6.07, 6.45) is 1.58. The molecule has 1 rings (SSSR count). The highest BCUT2D eigenvalue weighted by atomic mass is 127. The summed E-state index contributed by atoms with van der Waals surface area (Å²) in [6.45, 7) is 0.311. The molecular weight excluding hydrogens is 373 g/mol. The van der Waals surface area contributed by atoms with E-state index in [4.69, 9.17) is 0 Å². The molecule has 0 heterocycles. The molecule has 1 amide bonds. The van der Waals surface area contributed by atoms with Crippen LogP contribution in [0, 0.1) is 21.7 Å². The van der Waals surface area contributed by atoms with Crippen molar-refractivity contribution >= 4 is 34.2 Å². The zero-order valence-electron chi connectivity index (χ0n) is 9.79. The van der Waals surface area contributed by atoms with Gasteiger partial charge in [-0.3, -0.25) is 14.9 Å². The van der Waals surface area contributed by atoms with E-state index in [1.165, 1.54) is 0 Å². The van der Waals surface area contributed by atoms with Gasteiger partial charge in [0.05, 0.1) is 16.6 Å². The van der Waals surface area contributed by atoms with Gasteiger partial charge in [-0.05, 0) is 23.3 Å². The van der Waals surface area contributed by atoms with Crippen LogP contribution in [-0.2, 0) is 0 Å². The fraction of sp³-hybridized carbons (Fsp3) is 0.364. The number of nitro benzene ring substituents is 1. The van der Waals surface area contributed by atoms with Crippen molar-refractivity contribution in [1.82, 2.24) is 5.32 Å². The molecule has 0 saturated carbocycles. The van der Waals surface area contributed by atoms with Crippen molar-refractivity contribution in [2.75, 3.05) is 11.0 Å². The van der Waals surface area contributed by atoms with Crippen LogP contribution < -0.4 is 5.32 Å². The summed E-state index contributed by atoms with van der Waals surface area (Å²) in [5.74, 6) is -3.20. The standard InChI is InChI=1S/C11H11F2IN2O3/c12-7-5-8(10(13)9(6-7)16(18)19)11(17)15-4-2-1-3-14/h5-6H,1-4H2,(H,15,17). The third-order valence-electron chi connectivity index (χ3n) is 2.31. The molecule has 1 aromatic carbocycles. The van der Waals surface area contributed by atoms with E-state index in [1.807, 2.05) is 0 Å². The first-order chi connectivity index (χ1) is 8.97. The molecule has 19 heavy (non-hydrogen) atoms. The van der Waals surface area contributed by atoms with E-state index in [-0.39, 0.29) is 0 Å². The van der Waals surface area contributed by atoms with Gasteiger partial charge in [0.15, 0.2) is 0 Å². The first-order valence-corrected chi connectivity index (χ1v) is 6.97. The monoisotopic (exact) mass is 384 g/mol.